The van der Waals surface area contributed by atoms with Crippen molar-refractivity contribution in [2.45, 2.75) is 39.7 Å². The number of aryl methyl sites for hydroxylation is 1. The van der Waals surface area contributed by atoms with Crippen molar-refractivity contribution in [2.75, 3.05) is 5.32 Å². The number of anilines is 1. The summed E-state index contributed by atoms with van der Waals surface area (Å²) in [6, 6.07) is 23.9. The number of ether oxygens (including phenoxy) is 1. The summed E-state index contributed by atoms with van der Waals surface area (Å²) in [5, 5.41) is 6.00. The van der Waals surface area contributed by atoms with Crippen molar-refractivity contribution < 1.29 is 9.53 Å². The molecule has 0 spiro atoms. The topological polar surface area (TPSA) is 51.2 Å². The lowest BCUT2D eigenvalue weighted by Crippen LogP contribution is -2.30. The van der Waals surface area contributed by atoms with Gasteiger partial charge in [0.15, 0.2) is 6.10 Å². The molecule has 33 heavy (non-hydrogen) atoms. The number of nitrogens with one attached hydrogen (secondary N) is 1. The molecule has 0 aliphatic carbocycles. The van der Waals surface area contributed by atoms with Gasteiger partial charge in [-0.15, -0.1) is 11.3 Å². The standard InChI is InChI=1S/C28H28N2O2S/c1-18(2)21-11-15-24(16-12-21)32-20(4)27(31)29-23-13-9-22(10-14-23)26-17-33-28(30-26)25-8-6-5-7-19(25)3/h5-18,20H,1-4H3,(H,29,31). The van der Waals surface area contributed by atoms with Crippen LogP contribution in [0.4, 0.5) is 5.69 Å². The molecule has 0 saturated carbocycles. The average molecular weight is 457 g/mol. The number of carbonyl (C=O) groups is 1. The van der Waals surface area contributed by atoms with E-state index in [2.05, 4.69) is 43.6 Å². The first-order valence-corrected chi connectivity index (χ1v) is 12.0. The van der Waals surface area contributed by atoms with E-state index in [0.29, 0.717) is 11.7 Å². The number of amides is 1. The van der Waals surface area contributed by atoms with Crippen molar-refractivity contribution in [3.8, 4) is 27.6 Å². The largest absolute Gasteiger partial charge is 0.481 e. The van der Waals surface area contributed by atoms with Crippen LogP contribution >= 0.6 is 11.3 Å². The molecule has 5 heteroatoms. The maximum absolute atomic E-state index is 12.6. The van der Waals surface area contributed by atoms with Crippen LogP contribution in [0.15, 0.2) is 78.2 Å². The van der Waals surface area contributed by atoms with Crippen molar-refractivity contribution in [1.82, 2.24) is 4.98 Å². The second-order valence-electron chi connectivity index (χ2n) is 8.40. The minimum absolute atomic E-state index is 0.189. The fourth-order valence-corrected chi connectivity index (χ4v) is 4.42. The van der Waals surface area contributed by atoms with E-state index >= 15 is 0 Å². The Balaban J connectivity index is 1.38. The molecule has 1 amide bonds. The molecule has 4 rings (SSSR count). The number of thiazole rings is 1. The number of hydrogen-bond donors (Lipinski definition) is 1. The first-order chi connectivity index (χ1) is 15.9. The van der Waals surface area contributed by atoms with Gasteiger partial charge in [0.1, 0.15) is 10.8 Å². The zero-order valence-corrected chi connectivity index (χ0v) is 20.1. The Kier molecular flexibility index (Phi) is 6.90. The molecule has 1 aromatic heterocycles. The fraction of sp³-hybridized carbons (Fsp3) is 0.214. The van der Waals surface area contributed by atoms with Crippen molar-refractivity contribution in [3.63, 3.8) is 0 Å². The summed E-state index contributed by atoms with van der Waals surface area (Å²) in [7, 11) is 0. The van der Waals surface area contributed by atoms with Crippen molar-refractivity contribution in [3.05, 3.63) is 89.3 Å². The predicted molar refractivity (Wildman–Crippen MR) is 137 cm³/mol. The Labute approximate surface area is 199 Å². The molecular formula is C28H28N2O2S. The summed E-state index contributed by atoms with van der Waals surface area (Å²) in [6.07, 6.45) is -0.607. The van der Waals surface area contributed by atoms with E-state index in [-0.39, 0.29) is 5.91 Å². The van der Waals surface area contributed by atoms with E-state index < -0.39 is 6.10 Å². The molecule has 0 bridgehead atoms. The summed E-state index contributed by atoms with van der Waals surface area (Å²) in [5.74, 6) is 0.956. The molecule has 1 atom stereocenters. The van der Waals surface area contributed by atoms with Crippen LogP contribution in [0.2, 0.25) is 0 Å². The van der Waals surface area contributed by atoms with Crippen LogP contribution in [0.1, 0.15) is 37.8 Å². The number of hydrogen-bond acceptors (Lipinski definition) is 4. The third-order valence-electron chi connectivity index (χ3n) is 5.56. The Morgan fingerprint density at radius 2 is 1.64 bits per heavy atom. The average Bonchev–Trinajstić information content (AvgIpc) is 3.30. The SMILES string of the molecule is Cc1ccccc1-c1nc(-c2ccc(NC(=O)C(C)Oc3ccc(C(C)C)cc3)cc2)cs1. The molecule has 3 aromatic carbocycles. The van der Waals surface area contributed by atoms with Crippen LogP contribution in [0, 0.1) is 6.92 Å². The normalized spacial score (nSPS) is 11.9. The van der Waals surface area contributed by atoms with Crippen LogP contribution in [-0.4, -0.2) is 17.0 Å². The third-order valence-corrected chi connectivity index (χ3v) is 6.43. The highest BCUT2D eigenvalue weighted by Gasteiger charge is 2.15. The quantitative estimate of drug-likeness (QED) is 0.317. The lowest BCUT2D eigenvalue weighted by molar-refractivity contribution is -0.122. The second kappa shape index (κ2) is 10.0. The van der Waals surface area contributed by atoms with Gasteiger partial charge in [-0.2, -0.15) is 0 Å². The fourth-order valence-electron chi connectivity index (χ4n) is 3.50. The van der Waals surface area contributed by atoms with E-state index in [0.717, 1.165) is 27.5 Å². The van der Waals surface area contributed by atoms with Crippen LogP contribution in [0.3, 0.4) is 0 Å². The minimum atomic E-state index is -0.607. The molecule has 0 radical (unpaired) electrons. The van der Waals surface area contributed by atoms with Gasteiger partial charge in [-0.25, -0.2) is 4.98 Å². The predicted octanol–water partition coefficient (Wildman–Crippen LogP) is 7.31. The number of nitrogens with zero attached hydrogens (tertiary/aromatic N) is 1. The Bertz CT molecular complexity index is 1230. The number of aromatic nitrogens is 1. The van der Waals surface area contributed by atoms with Crippen LogP contribution < -0.4 is 10.1 Å². The highest BCUT2D eigenvalue weighted by molar-refractivity contribution is 7.13. The van der Waals surface area contributed by atoms with Crippen molar-refractivity contribution in [1.29, 1.82) is 0 Å². The summed E-state index contributed by atoms with van der Waals surface area (Å²) in [5.41, 5.74) is 6.28. The summed E-state index contributed by atoms with van der Waals surface area (Å²) in [4.78, 5) is 17.4. The maximum atomic E-state index is 12.6. The Morgan fingerprint density at radius 3 is 2.30 bits per heavy atom. The molecule has 0 aliphatic rings. The molecule has 0 fully saturated rings. The zero-order chi connectivity index (χ0) is 23.4. The van der Waals surface area contributed by atoms with Gasteiger partial charge in [0.2, 0.25) is 0 Å². The Hall–Kier alpha value is -3.44. The molecular weight excluding hydrogens is 428 g/mol. The van der Waals surface area contributed by atoms with Crippen LogP contribution in [0.25, 0.3) is 21.8 Å². The minimum Gasteiger partial charge on any atom is -0.481 e. The van der Waals surface area contributed by atoms with E-state index in [1.165, 1.54) is 11.1 Å². The summed E-state index contributed by atoms with van der Waals surface area (Å²) in [6.45, 7) is 8.14. The molecule has 4 aromatic rings. The Morgan fingerprint density at radius 1 is 0.939 bits per heavy atom. The van der Waals surface area contributed by atoms with Gasteiger partial charge >= 0.3 is 0 Å². The second-order valence-corrected chi connectivity index (χ2v) is 9.26. The lowest BCUT2D eigenvalue weighted by Gasteiger charge is -2.15. The molecule has 1 heterocycles. The highest BCUT2D eigenvalue weighted by Crippen LogP contribution is 2.31. The zero-order valence-electron chi connectivity index (χ0n) is 19.3. The lowest BCUT2D eigenvalue weighted by atomic mass is 10.0. The van der Waals surface area contributed by atoms with E-state index in [1.54, 1.807) is 18.3 Å². The smallest absolute Gasteiger partial charge is 0.265 e. The van der Waals surface area contributed by atoms with Crippen LogP contribution in [0.5, 0.6) is 5.75 Å². The first-order valence-electron chi connectivity index (χ1n) is 11.1. The van der Waals surface area contributed by atoms with Crippen molar-refractivity contribution >= 4 is 22.9 Å². The number of carbonyl (C=O) groups excluding carboxylic acids is 1. The van der Waals surface area contributed by atoms with Gasteiger partial charge in [0, 0.05) is 22.2 Å². The van der Waals surface area contributed by atoms with E-state index in [1.807, 2.05) is 60.7 Å². The maximum Gasteiger partial charge on any atom is 0.265 e. The van der Waals surface area contributed by atoms with Gasteiger partial charge in [0.05, 0.1) is 5.69 Å². The molecule has 0 saturated heterocycles. The third kappa shape index (κ3) is 5.49. The van der Waals surface area contributed by atoms with Gasteiger partial charge in [-0.3, -0.25) is 4.79 Å². The highest BCUT2D eigenvalue weighted by atomic mass is 32.1. The number of benzene rings is 3. The number of rotatable bonds is 7. The summed E-state index contributed by atoms with van der Waals surface area (Å²) >= 11 is 1.64. The van der Waals surface area contributed by atoms with E-state index in [4.69, 9.17) is 9.72 Å². The van der Waals surface area contributed by atoms with Crippen LogP contribution in [-0.2, 0) is 4.79 Å². The monoisotopic (exact) mass is 456 g/mol. The summed E-state index contributed by atoms with van der Waals surface area (Å²) < 4.78 is 5.81. The molecule has 0 aliphatic heterocycles. The first kappa shape index (κ1) is 22.7. The van der Waals surface area contributed by atoms with Gasteiger partial charge in [-0.05, 0) is 55.2 Å². The molecule has 1 unspecified atom stereocenters. The van der Waals surface area contributed by atoms with Gasteiger partial charge in [0.25, 0.3) is 5.91 Å². The molecule has 1 N–H and O–H groups in total. The van der Waals surface area contributed by atoms with Gasteiger partial charge in [-0.1, -0.05) is 62.4 Å². The van der Waals surface area contributed by atoms with E-state index in [9.17, 15) is 4.79 Å². The van der Waals surface area contributed by atoms with Gasteiger partial charge < -0.3 is 10.1 Å². The molecule has 4 nitrogen and oxygen atoms in total. The van der Waals surface area contributed by atoms with Crippen molar-refractivity contribution in [2.24, 2.45) is 0 Å². The molecule has 168 valence electrons.